The van der Waals surface area contributed by atoms with Crippen LogP contribution in [0, 0.1) is 5.92 Å². The Morgan fingerprint density at radius 3 is 2.44 bits per heavy atom. The van der Waals surface area contributed by atoms with Gasteiger partial charge < -0.3 is 10.0 Å². The Labute approximate surface area is 108 Å². The van der Waals surface area contributed by atoms with Crippen LogP contribution >= 0.6 is 0 Å². The molecule has 1 N–H and O–H groups in total. The average Bonchev–Trinajstić information content (AvgIpc) is 2.89. The van der Waals surface area contributed by atoms with E-state index in [2.05, 4.69) is 6.08 Å². The van der Waals surface area contributed by atoms with Crippen LogP contribution in [0.3, 0.4) is 0 Å². The third kappa shape index (κ3) is 3.12. The molecule has 0 aromatic carbocycles. The number of rotatable bonds is 4. The summed E-state index contributed by atoms with van der Waals surface area (Å²) < 4.78 is 0. The van der Waals surface area contributed by atoms with E-state index in [0.29, 0.717) is 0 Å². The predicted molar refractivity (Wildman–Crippen MR) is 68.1 cm³/mol. The van der Waals surface area contributed by atoms with Gasteiger partial charge in [0.1, 0.15) is 6.54 Å². The molecule has 1 unspecified atom stereocenters. The van der Waals surface area contributed by atoms with Gasteiger partial charge in [-0.05, 0) is 32.1 Å². The van der Waals surface area contributed by atoms with Gasteiger partial charge in [0.15, 0.2) is 0 Å². The van der Waals surface area contributed by atoms with Crippen molar-refractivity contribution in [1.29, 1.82) is 0 Å². The largest absolute Gasteiger partial charge is 0.480 e. The van der Waals surface area contributed by atoms with Gasteiger partial charge in [-0.1, -0.05) is 25.0 Å². The fourth-order valence-corrected chi connectivity index (χ4v) is 3.00. The second-order valence-electron chi connectivity index (χ2n) is 5.28. The maximum atomic E-state index is 12.4. The van der Waals surface area contributed by atoms with Crippen LogP contribution in [0.2, 0.25) is 0 Å². The van der Waals surface area contributed by atoms with Crippen LogP contribution in [0.15, 0.2) is 12.2 Å². The number of carbonyl (C=O) groups is 2. The molecule has 100 valence electrons. The van der Waals surface area contributed by atoms with E-state index in [9.17, 15) is 9.59 Å². The normalized spacial score (nSPS) is 24.1. The van der Waals surface area contributed by atoms with Crippen molar-refractivity contribution in [3.63, 3.8) is 0 Å². The van der Waals surface area contributed by atoms with Crippen molar-refractivity contribution in [2.24, 2.45) is 5.92 Å². The van der Waals surface area contributed by atoms with Gasteiger partial charge in [-0.25, -0.2) is 0 Å². The first-order valence-corrected chi connectivity index (χ1v) is 6.85. The van der Waals surface area contributed by atoms with Gasteiger partial charge in [0.25, 0.3) is 0 Å². The molecule has 0 bridgehead atoms. The first kappa shape index (κ1) is 13.1. The molecule has 2 aliphatic rings. The number of carboxylic acids is 1. The standard InChI is InChI=1S/C14H21NO3/c16-13(17)10-15(12-8-4-5-9-12)14(18)11-6-2-1-3-7-11/h1-2,11-12H,3-10H2,(H,16,17). The van der Waals surface area contributed by atoms with E-state index in [4.69, 9.17) is 5.11 Å². The maximum absolute atomic E-state index is 12.4. The highest BCUT2D eigenvalue weighted by atomic mass is 16.4. The Balaban J connectivity index is 2.04. The van der Waals surface area contributed by atoms with E-state index in [-0.39, 0.29) is 24.4 Å². The smallest absolute Gasteiger partial charge is 0.323 e. The van der Waals surface area contributed by atoms with Gasteiger partial charge >= 0.3 is 5.97 Å². The van der Waals surface area contributed by atoms with Crippen molar-refractivity contribution < 1.29 is 14.7 Å². The quantitative estimate of drug-likeness (QED) is 0.779. The molecule has 4 nitrogen and oxygen atoms in total. The molecule has 18 heavy (non-hydrogen) atoms. The molecule has 0 saturated heterocycles. The molecule has 0 aromatic rings. The molecule has 1 atom stereocenters. The summed E-state index contributed by atoms with van der Waals surface area (Å²) in [5, 5.41) is 8.98. The minimum atomic E-state index is -0.901. The molecule has 0 spiro atoms. The number of carbonyl (C=O) groups excluding carboxylic acids is 1. The second-order valence-corrected chi connectivity index (χ2v) is 5.28. The zero-order valence-corrected chi connectivity index (χ0v) is 10.7. The van der Waals surface area contributed by atoms with E-state index in [0.717, 1.165) is 44.9 Å². The number of hydrogen-bond acceptors (Lipinski definition) is 2. The predicted octanol–water partition coefficient (Wildman–Crippen LogP) is 2.20. The summed E-state index contributed by atoms with van der Waals surface area (Å²) in [6.07, 6.45) is 10.8. The van der Waals surface area contributed by atoms with Gasteiger partial charge in [0.05, 0.1) is 0 Å². The van der Waals surface area contributed by atoms with E-state index >= 15 is 0 Å². The molecule has 4 heteroatoms. The SMILES string of the molecule is O=C(O)CN(C(=O)C1CC=CCC1)C1CCCC1. The monoisotopic (exact) mass is 251 g/mol. The molecular formula is C14H21NO3. The Hall–Kier alpha value is -1.32. The number of hydrogen-bond donors (Lipinski definition) is 1. The fraction of sp³-hybridized carbons (Fsp3) is 0.714. The summed E-state index contributed by atoms with van der Waals surface area (Å²) in [7, 11) is 0. The number of allylic oxidation sites excluding steroid dienone is 2. The van der Waals surface area contributed by atoms with Crippen LogP contribution in [0.5, 0.6) is 0 Å². The molecule has 2 rings (SSSR count). The summed E-state index contributed by atoms with van der Waals surface area (Å²) >= 11 is 0. The molecule has 2 aliphatic carbocycles. The van der Waals surface area contributed by atoms with Crippen LogP contribution < -0.4 is 0 Å². The fourth-order valence-electron chi connectivity index (χ4n) is 3.00. The Morgan fingerprint density at radius 2 is 1.89 bits per heavy atom. The number of nitrogens with zero attached hydrogens (tertiary/aromatic N) is 1. The van der Waals surface area contributed by atoms with Crippen LogP contribution in [0.4, 0.5) is 0 Å². The lowest BCUT2D eigenvalue weighted by molar-refractivity contribution is -0.148. The summed E-state index contributed by atoms with van der Waals surface area (Å²) in [6.45, 7) is -0.135. The average molecular weight is 251 g/mol. The third-order valence-corrected chi connectivity index (χ3v) is 3.97. The summed E-state index contributed by atoms with van der Waals surface area (Å²) in [5.41, 5.74) is 0. The molecule has 0 heterocycles. The molecule has 0 radical (unpaired) electrons. The minimum Gasteiger partial charge on any atom is -0.480 e. The van der Waals surface area contributed by atoms with Crippen molar-refractivity contribution in [3.05, 3.63) is 12.2 Å². The van der Waals surface area contributed by atoms with Crippen LogP contribution in [0.25, 0.3) is 0 Å². The minimum absolute atomic E-state index is 0.00468. The summed E-state index contributed by atoms with van der Waals surface area (Å²) in [4.78, 5) is 25.0. The number of carboxylic acid groups (broad SMARTS) is 1. The van der Waals surface area contributed by atoms with E-state index < -0.39 is 5.97 Å². The highest BCUT2D eigenvalue weighted by Gasteiger charge is 2.32. The zero-order chi connectivity index (χ0) is 13.0. The maximum Gasteiger partial charge on any atom is 0.323 e. The number of aliphatic carboxylic acids is 1. The van der Waals surface area contributed by atoms with Crippen LogP contribution in [-0.4, -0.2) is 34.5 Å². The van der Waals surface area contributed by atoms with Crippen molar-refractivity contribution in [2.75, 3.05) is 6.54 Å². The third-order valence-electron chi connectivity index (χ3n) is 3.97. The summed E-state index contributed by atoms with van der Waals surface area (Å²) in [5.74, 6) is -0.856. The Bertz CT molecular complexity index is 345. The highest BCUT2D eigenvalue weighted by molar-refractivity contribution is 5.83. The lowest BCUT2D eigenvalue weighted by atomic mass is 9.92. The van der Waals surface area contributed by atoms with Crippen molar-refractivity contribution in [3.8, 4) is 0 Å². The highest BCUT2D eigenvalue weighted by Crippen LogP contribution is 2.27. The Morgan fingerprint density at radius 1 is 1.17 bits per heavy atom. The second kappa shape index (κ2) is 6.03. The molecule has 0 aromatic heterocycles. The molecule has 0 aliphatic heterocycles. The lowest BCUT2D eigenvalue weighted by Crippen LogP contribution is -2.45. The Kier molecular flexibility index (Phi) is 4.39. The van der Waals surface area contributed by atoms with Crippen LogP contribution in [-0.2, 0) is 9.59 Å². The van der Waals surface area contributed by atoms with Gasteiger partial charge in [-0.2, -0.15) is 0 Å². The number of amides is 1. The topological polar surface area (TPSA) is 57.6 Å². The molecule has 1 saturated carbocycles. The van der Waals surface area contributed by atoms with Gasteiger partial charge in [0, 0.05) is 12.0 Å². The van der Waals surface area contributed by atoms with Crippen LogP contribution in [0.1, 0.15) is 44.9 Å². The van der Waals surface area contributed by atoms with Crippen molar-refractivity contribution in [1.82, 2.24) is 4.90 Å². The first-order chi connectivity index (χ1) is 8.68. The van der Waals surface area contributed by atoms with Gasteiger partial charge in [-0.15, -0.1) is 0 Å². The van der Waals surface area contributed by atoms with E-state index in [1.807, 2.05) is 6.08 Å². The molecule has 1 fully saturated rings. The van der Waals surface area contributed by atoms with E-state index in [1.165, 1.54) is 0 Å². The van der Waals surface area contributed by atoms with Crippen molar-refractivity contribution >= 4 is 11.9 Å². The van der Waals surface area contributed by atoms with Gasteiger partial charge in [-0.3, -0.25) is 9.59 Å². The van der Waals surface area contributed by atoms with Gasteiger partial charge in [0.2, 0.25) is 5.91 Å². The molecular weight excluding hydrogens is 230 g/mol. The van der Waals surface area contributed by atoms with Crippen molar-refractivity contribution in [2.45, 2.75) is 51.0 Å². The lowest BCUT2D eigenvalue weighted by Gasteiger charge is -2.31. The summed E-state index contributed by atoms with van der Waals surface area (Å²) in [6, 6.07) is 0.152. The zero-order valence-electron chi connectivity index (χ0n) is 10.7. The first-order valence-electron chi connectivity index (χ1n) is 6.85. The van der Waals surface area contributed by atoms with E-state index in [1.54, 1.807) is 4.90 Å². The molecule has 1 amide bonds.